The number of rotatable bonds is 3. The number of hydrogen-bond donors (Lipinski definition) is 2. The quantitative estimate of drug-likeness (QED) is 0.841. The Balaban J connectivity index is 2.73. The van der Waals surface area contributed by atoms with Crippen molar-refractivity contribution in [3.63, 3.8) is 0 Å². The van der Waals surface area contributed by atoms with Crippen molar-refractivity contribution in [2.24, 2.45) is 0 Å². The lowest BCUT2D eigenvalue weighted by Gasteiger charge is -2.14. The van der Waals surface area contributed by atoms with E-state index < -0.39 is 0 Å². The Labute approximate surface area is 110 Å². The molecule has 0 aromatic heterocycles. The van der Waals surface area contributed by atoms with Crippen molar-refractivity contribution >= 4 is 38.9 Å². The Morgan fingerprint density at radius 2 is 2.06 bits per heavy atom. The molecule has 1 aromatic rings. The fraction of sp³-hybridized carbons (Fsp3) is 0.364. The second-order valence-electron chi connectivity index (χ2n) is 3.63. The van der Waals surface area contributed by atoms with Crippen molar-refractivity contribution in [3.05, 3.63) is 22.7 Å². The van der Waals surface area contributed by atoms with Crippen LogP contribution in [0.4, 0.5) is 5.69 Å². The van der Waals surface area contributed by atoms with E-state index in [9.17, 15) is 0 Å². The van der Waals surface area contributed by atoms with Gasteiger partial charge in [0.05, 0.1) is 7.11 Å². The number of anilines is 1. The first-order valence-corrected chi connectivity index (χ1v) is 6.13. The van der Waals surface area contributed by atoms with Gasteiger partial charge in [0.2, 0.25) is 0 Å². The molecule has 0 aliphatic carbocycles. The molecule has 1 rings (SSSR count). The van der Waals surface area contributed by atoms with E-state index in [0.717, 1.165) is 15.9 Å². The fourth-order valence-corrected chi connectivity index (χ4v) is 2.01. The number of thiocarbonyl (C=S) groups is 1. The van der Waals surface area contributed by atoms with Gasteiger partial charge < -0.3 is 15.4 Å². The predicted octanol–water partition coefficient (Wildman–Crippen LogP) is 3.15. The van der Waals surface area contributed by atoms with Gasteiger partial charge in [0.25, 0.3) is 0 Å². The lowest BCUT2D eigenvalue weighted by molar-refractivity contribution is 0.415. The summed E-state index contributed by atoms with van der Waals surface area (Å²) in [7, 11) is 1.64. The summed E-state index contributed by atoms with van der Waals surface area (Å²) in [4.78, 5) is 0. The molecular weight excluding hydrogens is 288 g/mol. The van der Waals surface area contributed by atoms with E-state index in [1.807, 2.05) is 32.0 Å². The summed E-state index contributed by atoms with van der Waals surface area (Å²) >= 11 is 8.57. The van der Waals surface area contributed by atoms with Crippen LogP contribution in [0.5, 0.6) is 5.75 Å². The smallest absolute Gasteiger partial charge is 0.170 e. The second kappa shape index (κ2) is 6.06. The molecule has 0 spiro atoms. The topological polar surface area (TPSA) is 33.3 Å². The Hall–Kier alpha value is -0.810. The molecule has 0 aliphatic heterocycles. The van der Waals surface area contributed by atoms with Crippen molar-refractivity contribution in [1.29, 1.82) is 0 Å². The summed E-state index contributed by atoms with van der Waals surface area (Å²) < 4.78 is 6.11. The molecule has 88 valence electrons. The van der Waals surface area contributed by atoms with Gasteiger partial charge in [-0.1, -0.05) is 15.9 Å². The normalized spacial score (nSPS) is 10.1. The van der Waals surface area contributed by atoms with E-state index in [1.165, 1.54) is 0 Å². The van der Waals surface area contributed by atoms with E-state index in [-0.39, 0.29) is 0 Å². The molecule has 1 aromatic carbocycles. The zero-order valence-electron chi connectivity index (χ0n) is 9.50. The van der Waals surface area contributed by atoms with Crippen LogP contribution in [0.25, 0.3) is 0 Å². The molecule has 0 bridgehead atoms. The first-order chi connectivity index (χ1) is 7.51. The van der Waals surface area contributed by atoms with Crippen LogP contribution in [-0.2, 0) is 0 Å². The maximum Gasteiger partial charge on any atom is 0.170 e. The summed E-state index contributed by atoms with van der Waals surface area (Å²) in [5.41, 5.74) is 0.893. The van der Waals surface area contributed by atoms with E-state index in [1.54, 1.807) is 7.11 Å². The lowest BCUT2D eigenvalue weighted by Crippen LogP contribution is -2.33. The van der Waals surface area contributed by atoms with Gasteiger partial charge in [-0.15, -0.1) is 0 Å². The molecule has 5 heteroatoms. The van der Waals surface area contributed by atoms with E-state index in [2.05, 4.69) is 26.6 Å². The van der Waals surface area contributed by atoms with Crippen LogP contribution in [0.15, 0.2) is 22.7 Å². The number of nitrogens with one attached hydrogen (secondary N) is 2. The SMILES string of the molecule is COc1cc(Br)cc(NC(=S)NC(C)C)c1. The van der Waals surface area contributed by atoms with Crippen molar-refractivity contribution < 1.29 is 4.74 Å². The van der Waals surface area contributed by atoms with Crippen LogP contribution in [0, 0.1) is 0 Å². The van der Waals surface area contributed by atoms with Gasteiger partial charge in [-0.3, -0.25) is 0 Å². The Morgan fingerprint density at radius 1 is 1.38 bits per heavy atom. The summed E-state index contributed by atoms with van der Waals surface area (Å²) in [6.07, 6.45) is 0. The minimum absolute atomic E-state index is 0.314. The molecule has 0 fully saturated rings. The summed E-state index contributed by atoms with van der Waals surface area (Å²) in [6.45, 7) is 4.07. The number of methoxy groups -OCH3 is 1. The zero-order chi connectivity index (χ0) is 12.1. The lowest BCUT2D eigenvalue weighted by atomic mass is 10.3. The molecule has 0 atom stereocenters. The zero-order valence-corrected chi connectivity index (χ0v) is 11.9. The van der Waals surface area contributed by atoms with Gasteiger partial charge in [0, 0.05) is 22.3 Å². The largest absolute Gasteiger partial charge is 0.497 e. The monoisotopic (exact) mass is 302 g/mol. The Bertz CT molecular complexity index is 382. The maximum atomic E-state index is 5.16. The van der Waals surface area contributed by atoms with Crippen LogP contribution < -0.4 is 15.4 Å². The summed E-state index contributed by atoms with van der Waals surface area (Å²) in [6, 6.07) is 6.04. The highest BCUT2D eigenvalue weighted by Gasteiger charge is 2.02. The average molecular weight is 303 g/mol. The highest BCUT2D eigenvalue weighted by molar-refractivity contribution is 9.10. The molecule has 0 aliphatic rings. The standard InChI is InChI=1S/C11H15BrN2OS/c1-7(2)13-11(16)14-9-4-8(12)5-10(6-9)15-3/h4-7H,1-3H3,(H2,13,14,16). The van der Waals surface area contributed by atoms with Gasteiger partial charge in [0.15, 0.2) is 5.11 Å². The molecule has 0 heterocycles. The molecule has 0 saturated carbocycles. The van der Waals surface area contributed by atoms with Crippen LogP contribution >= 0.6 is 28.1 Å². The van der Waals surface area contributed by atoms with Crippen LogP contribution in [0.3, 0.4) is 0 Å². The minimum Gasteiger partial charge on any atom is -0.497 e. The molecular formula is C11H15BrN2OS. The third-order valence-electron chi connectivity index (χ3n) is 1.78. The molecule has 3 nitrogen and oxygen atoms in total. The van der Waals surface area contributed by atoms with Gasteiger partial charge >= 0.3 is 0 Å². The first kappa shape index (κ1) is 13.3. The second-order valence-corrected chi connectivity index (χ2v) is 4.96. The molecule has 0 saturated heterocycles. The van der Waals surface area contributed by atoms with Crippen molar-refractivity contribution in [2.75, 3.05) is 12.4 Å². The van der Waals surface area contributed by atoms with Gasteiger partial charge in [-0.25, -0.2) is 0 Å². The Morgan fingerprint density at radius 3 is 2.62 bits per heavy atom. The molecule has 16 heavy (non-hydrogen) atoms. The average Bonchev–Trinajstić information content (AvgIpc) is 2.14. The third-order valence-corrected chi connectivity index (χ3v) is 2.46. The van der Waals surface area contributed by atoms with Crippen molar-refractivity contribution in [3.8, 4) is 5.75 Å². The number of hydrogen-bond acceptors (Lipinski definition) is 2. The minimum atomic E-state index is 0.314. The van der Waals surface area contributed by atoms with Crippen LogP contribution in [0.1, 0.15) is 13.8 Å². The predicted molar refractivity (Wildman–Crippen MR) is 75.2 cm³/mol. The fourth-order valence-electron chi connectivity index (χ4n) is 1.18. The van der Waals surface area contributed by atoms with Gasteiger partial charge in [-0.05, 0) is 38.2 Å². The number of ether oxygens (including phenoxy) is 1. The molecule has 2 N–H and O–H groups in total. The Kier molecular flexibility index (Phi) is 5.02. The van der Waals surface area contributed by atoms with Gasteiger partial charge in [-0.2, -0.15) is 0 Å². The molecule has 0 amide bonds. The maximum absolute atomic E-state index is 5.16. The molecule has 0 radical (unpaired) electrons. The highest BCUT2D eigenvalue weighted by atomic mass is 79.9. The summed E-state index contributed by atoms with van der Waals surface area (Å²) in [5.74, 6) is 0.782. The highest BCUT2D eigenvalue weighted by Crippen LogP contribution is 2.24. The molecule has 0 unspecified atom stereocenters. The number of benzene rings is 1. The first-order valence-electron chi connectivity index (χ1n) is 4.93. The van der Waals surface area contributed by atoms with E-state index in [0.29, 0.717) is 11.2 Å². The van der Waals surface area contributed by atoms with Crippen molar-refractivity contribution in [2.45, 2.75) is 19.9 Å². The third kappa shape index (κ3) is 4.37. The van der Waals surface area contributed by atoms with Crippen LogP contribution in [-0.4, -0.2) is 18.3 Å². The van der Waals surface area contributed by atoms with Crippen molar-refractivity contribution in [1.82, 2.24) is 5.32 Å². The van der Waals surface area contributed by atoms with E-state index >= 15 is 0 Å². The van der Waals surface area contributed by atoms with E-state index in [4.69, 9.17) is 17.0 Å². The number of halogens is 1. The summed E-state index contributed by atoms with van der Waals surface area (Å²) in [5, 5.41) is 6.82. The van der Waals surface area contributed by atoms with Gasteiger partial charge in [0.1, 0.15) is 5.75 Å². The van der Waals surface area contributed by atoms with Crippen LogP contribution in [0.2, 0.25) is 0 Å².